The highest BCUT2D eigenvalue weighted by Crippen LogP contribution is 2.36. The van der Waals surface area contributed by atoms with E-state index in [2.05, 4.69) is 46.1 Å². The van der Waals surface area contributed by atoms with Crippen molar-refractivity contribution in [3.05, 3.63) is 82.7 Å². The van der Waals surface area contributed by atoms with Gasteiger partial charge in [-0.1, -0.05) is 30.3 Å². The fourth-order valence-electron chi connectivity index (χ4n) is 3.70. The molecule has 5 aromatic rings. The third-order valence-electron chi connectivity index (χ3n) is 5.04. The van der Waals surface area contributed by atoms with E-state index in [1.54, 1.807) is 18.4 Å². The summed E-state index contributed by atoms with van der Waals surface area (Å²) in [4.78, 5) is 8.21. The van der Waals surface area contributed by atoms with Crippen molar-refractivity contribution in [2.75, 3.05) is 7.11 Å². The maximum Gasteiger partial charge on any atom is 0.120 e. The average molecular weight is 401 g/mol. The van der Waals surface area contributed by atoms with Crippen LogP contribution in [-0.4, -0.2) is 17.1 Å². The summed E-state index contributed by atoms with van der Waals surface area (Å²) in [7, 11) is 1.72. The molecule has 0 fully saturated rings. The van der Waals surface area contributed by atoms with E-state index in [0.29, 0.717) is 13.2 Å². The number of hydrogen-bond acceptors (Lipinski definition) is 4. The Kier molecular flexibility index (Phi) is 4.76. The third-order valence-corrected chi connectivity index (χ3v) is 5.72. The zero-order chi connectivity index (χ0) is 19.6. The van der Waals surface area contributed by atoms with Gasteiger partial charge in [-0.25, -0.2) is 0 Å². The monoisotopic (exact) mass is 400 g/mol. The van der Waals surface area contributed by atoms with E-state index in [-0.39, 0.29) is 0 Å². The number of ether oxygens (including phenoxy) is 2. The molecule has 5 rings (SSSR count). The summed E-state index contributed by atoms with van der Waals surface area (Å²) in [5.41, 5.74) is 6.40. The molecule has 4 nitrogen and oxygen atoms in total. The molecule has 5 heteroatoms. The molecule has 0 aliphatic rings. The molecule has 0 aliphatic heterocycles. The van der Waals surface area contributed by atoms with Crippen molar-refractivity contribution in [3.63, 3.8) is 0 Å². The van der Waals surface area contributed by atoms with Gasteiger partial charge in [0.05, 0.1) is 24.0 Å². The number of hydrogen-bond donors (Lipinski definition) is 1. The Morgan fingerprint density at radius 3 is 2.69 bits per heavy atom. The molecule has 0 unspecified atom stereocenters. The number of aromatic amines is 1. The Morgan fingerprint density at radius 2 is 1.90 bits per heavy atom. The van der Waals surface area contributed by atoms with Crippen molar-refractivity contribution >= 4 is 33.1 Å². The first-order chi connectivity index (χ1) is 14.3. The summed E-state index contributed by atoms with van der Waals surface area (Å²) in [5.74, 6) is 0.847. The van der Waals surface area contributed by atoms with E-state index in [1.807, 2.05) is 30.5 Å². The Morgan fingerprint density at radius 1 is 1.00 bits per heavy atom. The molecule has 0 saturated heterocycles. The van der Waals surface area contributed by atoms with Crippen LogP contribution in [0.2, 0.25) is 0 Å². The molecule has 0 radical (unpaired) electrons. The predicted molar refractivity (Wildman–Crippen MR) is 118 cm³/mol. The van der Waals surface area contributed by atoms with Gasteiger partial charge in [0.2, 0.25) is 0 Å². The normalized spacial score (nSPS) is 11.3. The van der Waals surface area contributed by atoms with Crippen LogP contribution in [0.3, 0.4) is 0 Å². The van der Waals surface area contributed by atoms with Crippen LogP contribution in [0.1, 0.15) is 11.1 Å². The second-order valence-electron chi connectivity index (χ2n) is 6.93. The summed E-state index contributed by atoms with van der Waals surface area (Å²) in [5, 5.41) is 6.46. The molecule has 0 amide bonds. The largest absolute Gasteiger partial charge is 0.489 e. The number of fused-ring (bicyclic) bond motifs is 3. The first-order valence-electron chi connectivity index (χ1n) is 9.45. The van der Waals surface area contributed by atoms with Gasteiger partial charge in [-0.3, -0.25) is 4.98 Å². The lowest BCUT2D eigenvalue weighted by molar-refractivity contribution is 0.186. The van der Waals surface area contributed by atoms with Crippen LogP contribution < -0.4 is 4.74 Å². The quantitative estimate of drug-likeness (QED) is 0.371. The molecule has 0 aliphatic carbocycles. The number of aromatic nitrogens is 2. The van der Waals surface area contributed by atoms with E-state index in [1.165, 1.54) is 0 Å². The van der Waals surface area contributed by atoms with E-state index in [9.17, 15) is 0 Å². The Bertz CT molecular complexity index is 1260. The maximum absolute atomic E-state index is 6.06. The van der Waals surface area contributed by atoms with Crippen molar-refractivity contribution in [2.45, 2.75) is 13.2 Å². The lowest BCUT2D eigenvalue weighted by Gasteiger charge is -2.10. The minimum absolute atomic E-state index is 0.498. The fourth-order valence-corrected chi connectivity index (χ4v) is 4.34. The first kappa shape index (κ1) is 17.9. The fraction of sp³-hybridized carbons (Fsp3) is 0.125. The van der Waals surface area contributed by atoms with Crippen molar-refractivity contribution < 1.29 is 9.47 Å². The molecule has 2 aromatic carbocycles. The highest BCUT2D eigenvalue weighted by molar-refractivity contribution is 7.08. The van der Waals surface area contributed by atoms with Gasteiger partial charge in [-0.2, -0.15) is 11.3 Å². The predicted octanol–water partition coefficient (Wildman–Crippen LogP) is 6.17. The highest BCUT2D eigenvalue weighted by Gasteiger charge is 2.16. The van der Waals surface area contributed by atoms with Gasteiger partial charge in [-0.05, 0) is 35.2 Å². The van der Waals surface area contributed by atoms with E-state index < -0.39 is 0 Å². The van der Waals surface area contributed by atoms with Gasteiger partial charge in [0.15, 0.2) is 0 Å². The van der Waals surface area contributed by atoms with Crippen LogP contribution in [0, 0.1) is 0 Å². The van der Waals surface area contributed by atoms with Crippen LogP contribution in [0.15, 0.2) is 71.6 Å². The van der Waals surface area contributed by atoms with Crippen molar-refractivity contribution in [1.82, 2.24) is 9.97 Å². The van der Waals surface area contributed by atoms with Crippen LogP contribution in [-0.2, 0) is 18.0 Å². The number of pyridine rings is 1. The smallest absolute Gasteiger partial charge is 0.120 e. The first-order valence-corrected chi connectivity index (χ1v) is 10.4. The minimum Gasteiger partial charge on any atom is -0.489 e. The minimum atomic E-state index is 0.498. The standard InChI is InChI=1S/C24H20N2O2S/c1-27-14-20-23-19-11-18(28-13-16-5-3-2-4-6-16)7-8-21(19)26-22(23)12-25-24(20)17-9-10-29-15-17/h2-12,15,26H,13-14H2,1H3. The van der Waals surface area contributed by atoms with Crippen LogP contribution in [0.25, 0.3) is 33.1 Å². The molecule has 3 heterocycles. The number of rotatable bonds is 6. The van der Waals surface area contributed by atoms with Crippen LogP contribution in [0.4, 0.5) is 0 Å². The van der Waals surface area contributed by atoms with Gasteiger partial charge in [0, 0.05) is 39.9 Å². The van der Waals surface area contributed by atoms with E-state index >= 15 is 0 Å². The molecule has 144 valence electrons. The van der Waals surface area contributed by atoms with Crippen molar-refractivity contribution in [1.29, 1.82) is 0 Å². The summed E-state index contributed by atoms with van der Waals surface area (Å²) >= 11 is 1.67. The molecule has 0 spiro atoms. The molecule has 29 heavy (non-hydrogen) atoms. The van der Waals surface area contributed by atoms with Gasteiger partial charge in [0.25, 0.3) is 0 Å². The average Bonchev–Trinajstić information content (AvgIpc) is 3.41. The third kappa shape index (κ3) is 3.39. The SMILES string of the molecule is COCc1c(-c2ccsc2)ncc2[nH]c3ccc(OCc4ccccc4)cc3c12. The highest BCUT2D eigenvalue weighted by atomic mass is 32.1. The molecular formula is C24H20N2O2S. The van der Waals surface area contributed by atoms with Gasteiger partial charge < -0.3 is 14.5 Å². The second-order valence-corrected chi connectivity index (χ2v) is 7.71. The Hall–Kier alpha value is -3.15. The van der Waals surface area contributed by atoms with E-state index in [4.69, 9.17) is 14.5 Å². The topological polar surface area (TPSA) is 47.1 Å². The van der Waals surface area contributed by atoms with E-state index in [0.717, 1.165) is 49.9 Å². The number of nitrogens with zero attached hydrogens (tertiary/aromatic N) is 1. The molecule has 1 N–H and O–H groups in total. The molecule has 0 bridgehead atoms. The lowest BCUT2D eigenvalue weighted by Crippen LogP contribution is -1.96. The summed E-state index contributed by atoms with van der Waals surface area (Å²) in [6, 6.07) is 18.5. The molecular weight excluding hydrogens is 380 g/mol. The Balaban J connectivity index is 1.61. The number of nitrogens with one attached hydrogen (secondary N) is 1. The van der Waals surface area contributed by atoms with Crippen molar-refractivity contribution in [3.8, 4) is 17.0 Å². The van der Waals surface area contributed by atoms with Crippen LogP contribution in [0.5, 0.6) is 5.75 Å². The second kappa shape index (κ2) is 7.70. The lowest BCUT2D eigenvalue weighted by atomic mass is 10.0. The summed E-state index contributed by atoms with van der Waals surface area (Å²) in [6.45, 7) is 1.04. The number of thiophene rings is 1. The molecule has 0 atom stereocenters. The summed E-state index contributed by atoms with van der Waals surface area (Å²) < 4.78 is 11.6. The molecule has 0 saturated carbocycles. The number of benzene rings is 2. The zero-order valence-corrected chi connectivity index (χ0v) is 16.8. The summed E-state index contributed by atoms with van der Waals surface area (Å²) in [6.07, 6.45) is 1.91. The van der Waals surface area contributed by atoms with Gasteiger partial charge >= 0.3 is 0 Å². The number of H-pyrrole nitrogens is 1. The van der Waals surface area contributed by atoms with Gasteiger partial charge in [-0.15, -0.1) is 0 Å². The number of methoxy groups -OCH3 is 1. The Labute approximate surface area is 172 Å². The zero-order valence-electron chi connectivity index (χ0n) is 16.0. The van der Waals surface area contributed by atoms with Crippen molar-refractivity contribution in [2.24, 2.45) is 0 Å². The molecule has 3 aromatic heterocycles. The maximum atomic E-state index is 6.06. The van der Waals surface area contributed by atoms with Gasteiger partial charge in [0.1, 0.15) is 12.4 Å². The van der Waals surface area contributed by atoms with Crippen LogP contribution >= 0.6 is 11.3 Å².